The fourth-order valence-corrected chi connectivity index (χ4v) is 3.26. The van der Waals surface area contributed by atoms with Crippen molar-refractivity contribution in [1.29, 1.82) is 0 Å². The summed E-state index contributed by atoms with van der Waals surface area (Å²) in [5, 5.41) is 6.16. The zero-order valence-corrected chi connectivity index (χ0v) is 21.4. The van der Waals surface area contributed by atoms with Crippen molar-refractivity contribution in [1.82, 2.24) is 15.5 Å². The monoisotopic (exact) mass is 570 g/mol. The summed E-state index contributed by atoms with van der Waals surface area (Å²) in [4.78, 5) is 18.3. The highest BCUT2D eigenvalue weighted by Crippen LogP contribution is 2.29. The number of likely N-dealkylation sites (tertiary alicyclic amines) is 1. The van der Waals surface area contributed by atoms with Crippen LogP contribution in [0.5, 0.6) is 11.5 Å². The Hall–Kier alpha value is -2.05. The molecule has 1 heterocycles. The summed E-state index contributed by atoms with van der Waals surface area (Å²) in [6.07, 6.45) is 0.937. The molecule has 0 aromatic heterocycles. The first-order valence-electron chi connectivity index (χ1n) is 10.2. The Morgan fingerprint density at radius 1 is 1.31 bits per heavy atom. The van der Waals surface area contributed by atoms with Gasteiger partial charge in [0.2, 0.25) is 0 Å². The molecule has 1 aliphatic rings. The van der Waals surface area contributed by atoms with Gasteiger partial charge in [0.05, 0.1) is 13.2 Å². The first-order chi connectivity index (χ1) is 14.6. The number of amides is 1. The second-order valence-corrected chi connectivity index (χ2v) is 8.17. The number of guanidine groups is 1. The number of nitrogens with one attached hydrogen (secondary N) is 2. The highest BCUT2D eigenvalue weighted by Gasteiger charge is 2.27. The minimum Gasteiger partial charge on any atom is -0.493 e. The fourth-order valence-electron chi connectivity index (χ4n) is 3.26. The van der Waals surface area contributed by atoms with Crippen molar-refractivity contribution in [3.8, 4) is 11.5 Å². The number of benzene rings is 1. The number of nitrogens with zero attached hydrogens (tertiary/aromatic N) is 2. The number of methoxy groups -OCH3 is 1. The Morgan fingerprint density at radius 3 is 2.62 bits per heavy atom. The van der Waals surface area contributed by atoms with E-state index in [-0.39, 0.29) is 41.5 Å². The lowest BCUT2D eigenvalue weighted by Gasteiger charge is -2.23. The average molecular weight is 570 g/mol. The highest BCUT2D eigenvalue weighted by molar-refractivity contribution is 14.0. The Morgan fingerprint density at radius 2 is 2.03 bits per heavy atom. The Labute approximate surface area is 205 Å². The van der Waals surface area contributed by atoms with Gasteiger partial charge in [0.25, 0.3) is 0 Å². The second-order valence-electron chi connectivity index (χ2n) is 8.17. The number of halogens is 3. The van der Waals surface area contributed by atoms with Gasteiger partial charge in [-0.3, -0.25) is 4.99 Å². The summed E-state index contributed by atoms with van der Waals surface area (Å²) in [5.74, 6) is 0.981. The van der Waals surface area contributed by atoms with Crippen LogP contribution in [-0.2, 0) is 11.2 Å². The fraction of sp³-hybridized carbons (Fsp3) is 0.619. The van der Waals surface area contributed by atoms with Crippen molar-refractivity contribution in [3.63, 3.8) is 0 Å². The average Bonchev–Trinajstić information content (AvgIpc) is 3.11. The van der Waals surface area contributed by atoms with E-state index >= 15 is 0 Å². The zero-order chi connectivity index (χ0) is 23.0. The summed E-state index contributed by atoms with van der Waals surface area (Å²) in [6, 6.07) is 4.93. The molecule has 1 unspecified atom stereocenters. The van der Waals surface area contributed by atoms with E-state index in [9.17, 15) is 13.6 Å². The predicted molar refractivity (Wildman–Crippen MR) is 129 cm³/mol. The smallest absolute Gasteiger partial charge is 0.407 e. The Balaban J connectivity index is 0.00000512. The van der Waals surface area contributed by atoms with Crippen LogP contribution in [0.25, 0.3) is 0 Å². The van der Waals surface area contributed by atoms with E-state index in [0.717, 1.165) is 18.5 Å². The summed E-state index contributed by atoms with van der Waals surface area (Å²) < 4.78 is 40.1. The number of carbonyl (C=O) groups excluding carboxylic acids is 1. The van der Waals surface area contributed by atoms with Gasteiger partial charge >= 0.3 is 12.7 Å². The molecule has 1 aliphatic heterocycles. The molecular formula is C21H33F2IN4O4. The number of hydrogen-bond donors (Lipinski definition) is 2. The Kier molecular flexibility index (Phi) is 11.2. The van der Waals surface area contributed by atoms with Gasteiger partial charge in [0, 0.05) is 26.7 Å². The van der Waals surface area contributed by atoms with Gasteiger partial charge in [-0.2, -0.15) is 8.78 Å². The molecule has 0 spiro atoms. The van der Waals surface area contributed by atoms with Gasteiger partial charge in [0.15, 0.2) is 17.5 Å². The maximum atomic E-state index is 12.6. The van der Waals surface area contributed by atoms with Crippen LogP contribution < -0.4 is 20.1 Å². The zero-order valence-electron chi connectivity index (χ0n) is 19.1. The number of rotatable bonds is 7. The van der Waals surface area contributed by atoms with Crippen LogP contribution in [-0.4, -0.2) is 69.0 Å². The van der Waals surface area contributed by atoms with Crippen LogP contribution in [0.3, 0.4) is 0 Å². The molecule has 1 saturated heterocycles. The summed E-state index contributed by atoms with van der Waals surface area (Å²) in [6.45, 7) is 4.47. The van der Waals surface area contributed by atoms with E-state index in [4.69, 9.17) is 9.47 Å². The normalized spacial score (nSPS) is 16.4. The first kappa shape index (κ1) is 28.0. The lowest BCUT2D eigenvalue weighted by atomic mass is 10.1. The van der Waals surface area contributed by atoms with Gasteiger partial charge < -0.3 is 29.7 Å². The SMILES string of the molecule is CN=C(NCCc1ccc(OC)c(OC(F)F)c1)N1CCC(NC(=O)OC(C)(C)C)C1.I. The van der Waals surface area contributed by atoms with Crippen molar-refractivity contribution in [3.05, 3.63) is 23.8 Å². The third-order valence-electron chi connectivity index (χ3n) is 4.56. The molecule has 0 aliphatic carbocycles. The van der Waals surface area contributed by atoms with Crippen LogP contribution in [0.15, 0.2) is 23.2 Å². The lowest BCUT2D eigenvalue weighted by molar-refractivity contribution is -0.0512. The van der Waals surface area contributed by atoms with E-state index in [0.29, 0.717) is 25.5 Å². The molecule has 1 atom stereocenters. The number of carbonyl (C=O) groups is 1. The third kappa shape index (κ3) is 9.21. The van der Waals surface area contributed by atoms with Crippen LogP contribution in [0.2, 0.25) is 0 Å². The minimum atomic E-state index is -2.92. The molecule has 0 saturated carbocycles. The summed E-state index contributed by atoms with van der Waals surface area (Å²) in [5.41, 5.74) is 0.284. The van der Waals surface area contributed by atoms with E-state index in [1.54, 1.807) is 25.2 Å². The molecule has 2 rings (SSSR count). The molecule has 1 fully saturated rings. The molecule has 2 N–H and O–H groups in total. The van der Waals surface area contributed by atoms with Gasteiger partial charge in [-0.25, -0.2) is 4.79 Å². The van der Waals surface area contributed by atoms with Crippen molar-refractivity contribution in [2.75, 3.05) is 33.8 Å². The standard InChI is InChI=1S/C21H32F2N4O4.HI/c1-21(2,3)31-20(28)26-15-9-11-27(13-15)19(24-4)25-10-8-14-6-7-16(29-5)17(12-14)30-18(22)23;/h6-7,12,15,18H,8-11,13H2,1-5H3,(H,24,25)(H,26,28);1H. The van der Waals surface area contributed by atoms with Crippen LogP contribution >= 0.6 is 24.0 Å². The maximum absolute atomic E-state index is 12.6. The van der Waals surface area contributed by atoms with Crippen molar-refractivity contribution >= 4 is 36.0 Å². The highest BCUT2D eigenvalue weighted by atomic mass is 127. The van der Waals surface area contributed by atoms with Gasteiger partial charge in [-0.15, -0.1) is 24.0 Å². The quantitative estimate of drug-likeness (QED) is 0.296. The van der Waals surface area contributed by atoms with Crippen LogP contribution in [0, 0.1) is 0 Å². The molecule has 11 heteroatoms. The number of alkyl carbamates (subject to hydrolysis) is 1. The topological polar surface area (TPSA) is 84.4 Å². The molecule has 1 amide bonds. The molecule has 8 nitrogen and oxygen atoms in total. The van der Waals surface area contributed by atoms with Crippen LogP contribution in [0.4, 0.5) is 13.6 Å². The van der Waals surface area contributed by atoms with Crippen molar-refractivity contribution < 1.29 is 27.8 Å². The maximum Gasteiger partial charge on any atom is 0.407 e. The molecule has 1 aromatic rings. The van der Waals surface area contributed by atoms with E-state index in [2.05, 4.69) is 25.3 Å². The van der Waals surface area contributed by atoms with Gasteiger partial charge in [0.1, 0.15) is 5.60 Å². The molecular weight excluding hydrogens is 537 g/mol. The summed E-state index contributed by atoms with van der Waals surface area (Å²) >= 11 is 0. The Bertz CT molecular complexity index is 775. The molecule has 0 radical (unpaired) electrons. The largest absolute Gasteiger partial charge is 0.493 e. The molecule has 1 aromatic carbocycles. The van der Waals surface area contributed by atoms with E-state index < -0.39 is 18.3 Å². The number of aliphatic imine (C=N–C) groups is 1. The van der Waals surface area contributed by atoms with Gasteiger partial charge in [-0.1, -0.05) is 6.07 Å². The van der Waals surface area contributed by atoms with Gasteiger partial charge in [-0.05, 0) is 51.3 Å². The predicted octanol–water partition coefficient (Wildman–Crippen LogP) is 3.63. The number of ether oxygens (including phenoxy) is 3. The van der Waals surface area contributed by atoms with Crippen molar-refractivity contribution in [2.45, 2.75) is 51.9 Å². The molecule has 32 heavy (non-hydrogen) atoms. The van der Waals surface area contributed by atoms with Crippen LogP contribution in [0.1, 0.15) is 32.8 Å². The third-order valence-corrected chi connectivity index (χ3v) is 4.56. The number of alkyl halides is 2. The summed E-state index contributed by atoms with van der Waals surface area (Å²) in [7, 11) is 3.10. The first-order valence-corrected chi connectivity index (χ1v) is 10.2. The van der Waals surface area contributed by atoms with E-state index in [1.165, 1.54) is 7.11 Å². The second kappa shape index (κ2) is 12.9. The minimum absolute atomic E-state index is 0. The van der Waals surface area contributed by atoms with Crippen molar-refractivity contribution in [2.24, 2.45) is 4.99 Å². The molecule has 182 valence electrons. The lowest BCUT2D eigenvalue weighted by Crippen LogP contribution is -2.44. The van der Waals surface area contributed by atoms with E-state index in [1.807, 2.05) is 20.8 Å². The number of hydrogen-bond acceptors (Lipinski definition) is 5. The molecule has 0 bridgehead atoms.